The summed E-state index contributed by atoms with van der Waals surface area (Å²) >= 11 is 3.27. The monoisotopic (exact) mass is 375 g/mol. The Kier molecular flexibility index (Phi) is 4.60. The zero-order valence-corrected chi connectivity index (χ0v) is 13.4. The Bertz CT molecular complexity index is 710. The van der Waals surface area contributed by atoms with E-state index in [-0.39, 0.29) is 6.54 Å². The summed E-state index contributed by atoms with van der Waals surface area (Å²) in [7, 11) is 1.62. The minimum Gasteiger partial charge on any atom is -0.347 e. The smallest absolute Gasteiger partial charge is 0.347 e. The molecule has 2 rings (SSSR count). The molecule has 118 valence electrons. The molecule has 0 fully saturated rings. The number of amides is 1. The van der Waals surface area contributed by atoms with Crippen molar-refractivity contribution in [2.75, 3.05) is 0 Å². The first-order valence-corrected chi connectivity index (χ1v) is 7.13. The molecule has 1 amide bonds. The van der Waals surface area contributed by atoms with Gasteiger partial charge in [0.15, 0.2) is 0 Å². The van der Waals surface area contributed by atoms with Crippen LogP contribution < -0.4 is 5.32 Å². The number of benzene rings is 1. The molecule has 0 saturated carbocycles. The molecule has 8 heteroatoms. The minimum atomic E-state index is -4.40. The summed E-state index contributed by atoms with van der Waals surface area (Å²) in [5.41, 5.74) is 0.617. The van der Waals surface area contributed by atoms with Crippen molar-refractivity contribution in [3.05, 3.63) is 51.3 Å². The summed E-state index contributed by atoms with van der Waals surface area (Å²) in [6.07, 6.45) is -4.40. The predicted molar refractivity (Wildman–Crippen MR) is 78.3 cm³/mol. The maximum Gasteiger partial charge on any atom is 0.416 e. The molecule has 2 aromatic rings. The molecule has 0 radical (unpaired) electrons. The zero-order chi connectivity index (χ0) is 16.5. The molecule has 1 aromatic carbocycles. The molecule has 0 aliphatic heterocycles. The lowest BCUT2D eigenvalue weighted by atomic mass is 10.1. The Labute approximate surface area is 133 Å². The molecule has 0 aliphatic rings. The van der Waals surface area contributed by atoms with E-state index in [2.05, 4.69) is 26.3 Å². The molecular formula is C14H13BrF3N3O. The second-order valence-electron chi connectivity index (χ2n) is 4.75. The van der Waals surface area contributed by atoms with E-state index in [1.807, 2.05) is 0 Å². The van der Waals surface area contributed by atoms with E-state index < -0.39 is 17.6 Å². The third kappa shape index (κ3) is 3.49. The van der Waals surface area contributed by atoms with Crippen LogP contribution >= 0.6 is 15.9 Å². The van der Waals surface area contributed by atoms with Crippen LogP contribution in [0.5, 0.6) is 0 Å². The fourth-order valence-electron chi connectivity index (χ4n) is 2.00. The summed E-state index contributed by atoms with van der Waals surface area (Å²) in [6, 6.07) is 4.85. The van der Waals surface area contributed by atoms with Crippen molar-refractivity contribution in [3.8, 4) is 0 Å². The van der Waals surface area contributed by atoms with Crippen molar-refractivity contribution < 1.29 is 18.0 Å². The second kappa shape index (κ2) is 6.12. The Morgan fingerprint density at radius 3 is 2.64 bits per heavy atom. The van der Waals surface area contributed by atoms with Crippen LogP contribution in [-0.2, 0) is 19.8 Å². The quantitative estimate of drug-likeness (QED) is 0.892. The first-order valence-electron chi connectivity index (χ1n) is 6.33. The summed E-state index contributed by atoms with van der Waals surface area (Å²) in [5.74, 6) is -0.410. The van der Waals surface area contributed by atoms with E-state index in [0.29, 0.717) is 21.4 Å². The fraction of sp³-hybridized carbons (Fsp3) is 0.286. The number of aromatic nitrogens is 2. The molecule has 1 aromatic heterocycles. The van der Waals surface area contributed by atoms with Gasteiger partial charge in [-0.1, -0.05) is 12.1 Å². The van der Waals surface area contributed by atoms with Crippen LogP contribution in [-0.4, -0.2) is 15.7 Å². The first kappa shape index (κ1) is 16.5. The number of alkyl halides is 3. The van der Waals surface area contributed by atoms with Crippen LogP contribution in [0.4, 0.5) is 13.2 Å². The van der Waals surface area contributed by atoms with Crippen LogP contribution in [0.15, 0.2) is 28.7 Å². The molecule has 0 saturated heterocycles. The Morgan fingerprint density at radius 2 is 2.09 bits per heavy atom. The van der Waals surface area contributed by atoms with Crippen molar-refractivity contribution in [2.24, 2.45) is 7.05 Å². The standard InChI is InChI=1S/C14H13BrF3N3O/c1-8-11(15)12(21(2)20-8)13(22)19-7-9-4-3-5-10(6-9)14(16,17)18/h3-6H,7H2,1-2H3,(H,19,22). The van der Waals surface area contributed by atoms with Gasteiger partial charge in [0, 0.05) is 13.6 Å². The summed E-state index contributed by atoms with van der Waals surface area (Å²) < 4.78 is 39.9. The fourth-order valence-corrected chi connectivity index (χ4v) is 2.52. The number of hydrogen-bond donors (Lipinski definition) is 1. The van der Waals surface area contributed by atoms with Crippen LogP contribution in [0.2, 0.25) is 0 Å². The van der Waals surface area contributed by atoms with Crippen LogP contribution in [0.3, 0.4) is 0 Å². The molecule has 1 N–H and O–H groups in total. The Hall–Kier alpha value is -1.83. The summed E-state index contributed by atoms with van der Waals surface area (Å²) in [4.78, 5) is 12.1. The molecule has 22 heavy (non-hydrogen) atoms. The van der Waals surface area contributed by atoms with Crippen molar-refractivity contribution >= 4 is 21.8 Å². The molecule has 1 heterocycles. The van der Waals surface area contributed by atoms with Gasteiger partial charge in [0.1, 0.15) is 5.69 Å². The average molecular weight is 376 g/mol. The number of nitrogens with one attached hydrogen (secondary N) is 1. The van der Waals surface area contributed by atoms with Gasteiger partial charge in [-0.15, -0.1) is 0 Å². The van der Waals surface area contributed by atoms with Gasteiger partial charge in [0.25, 0.3) is 5.91 Å². The van der Waals surface area contributed by atoms with Gasteiger partial charge in [0.2, 0.25) is 0 Å². The van der Waals surface area contributed by atoms with E-state index >= 15 is 0 Å². The van der Waals surface area contributed by atoms with Crippen LogP contribution in [0.25, 0.3) is 0 Å². The van der Waals surface area contributed by atoms with Crippen molar-refractivity contribution in [2.45, 2.75) is 19.6 Å². The molecule has 0 atom stereocenters. The first-order chi connectivity index (χ1) is 10.2. The predicted octanol–water partition coefficient (Wildman–Crippen LogP) is 3.44. The van der Waals surface area contributed by atoms with E-state index in [1.165, 1.54) is 16.8 Å². The van der Waals surface area contributed by atoms with Gasteiger partial charge < -0.3 is 5.32 Å². The number of aryl methyl sites for hydroxylation is 2. The van der Waals surface area contributed by atoms with Crippen LogP contribution in [0.1, 0.15) is 27.3 Å². The van der Waals surface area contributed by atoms with E-state index in [9.17, 15) is 18.0 Å². The van der Waals surface area contributed by atoms with Gasteiger partial charge >= 0.3 is 6.18 Å². The number of nitrogens with zero attached hydrogens (tertiary/aromatic N) is 2. The highest BCUT2D eigenvalue weighted by molar-refractivity contribution is 9.10. The Balaban J connectivity index is 2.12. The lowest BCUT2D eigenvalue weighted by Crippen LogP contribution is -2.25. The van der Waals surface area contributed by atoms with Crippen molar-refractivity contribution in [1.82, 2.24) is 15.1 Å². The Morgan fingerprint density at radius 1 is 1.41 bits per heavy atom. The molecule has 0 bridgehead atoms. The van der Waals surface area contributed by atoms with Gasteiger partial charge in [0.05, 0.1) is 15.7 Å². The van der Waals surface area contributed by atoms with E-state index in [1.54, 1.807) is 14.0 Å². The third-order valence-corrected chi connectivity index (χ3v) is 4.02. The van der Waals surface area contributed by atoms with E-state index in [0.717, 1.165) is 12.1 Å². The molecule has 4 nitrogen and oxygen atoms in total. The normalized spacial score (nSPS) is 11.5. The number of hydrogen-bond acceptors (Lipinski definition) is 2. The van der Waals surface area contributed by atoms with E-state index in [4.69, 9.17) is 0 Å². The van der Waals surface area contributed by atoms with Crippen molar-refractivity contribution in [1.29, 1.82) is 0 Å². The molecule has 0 unspecified atom stereocenters. The highest BCUT2D eigenvalue weighted by Gasteiger charge is 2.30. The lowest BCUT2D eigenvalue weighted by molar-refractivity contribution is -0.137. The maximum absolute atomic E-state index is 12.6. The lowest BCUT2D eigenvalue weighted by Gasteiger charge is -2.10. The SMILES string of the molecule is Cc1nn(C)c(C(=O)NCc2cccc(C(F)(F)F)c2)c1Br. The minimum absolute atomic E-state index is 0.000574. The van der Waals surface area contributed by atoms with Gasteiger partial charge in [-0.2, -0.15) is 18.3 Å². The highest BCUT2D eigenvalue weighted by Crippen LogP contribution is 2.29. The number of carbonyl (C=O) groups excluding carboxylic acids is 1. The third-order valence-electron chi connectivity index (χ3n) is 3.07. The number of halogens is 4. The van der Waals surface area contributed by atoms with Gasteiger partial charge in [-0.25, -0.2) is 0 Å². The molecule has 0 spiro atoms. The van der Waals surface area contributed by atoms with Gasteiger partial charge in [-0.05, 0) is 40.5 Å². The highest BCUT2D eigenvalue weighted by atomic mass is 79.9. The van der Waals surface area contributed by atoms with Crippen molar-refractivity contribution in [3.63, 3.8) is 0 Å². The second-order valence-corrected chi connectivity index (χ2v) is 5.55. The topological polar surface area (TPSA) is 46.9 Å². The molecule has 0 aliphatic carbocycles. The number of carbonyl (C=O) groups is 1. The average Bonchev–Trinajstić information content (AvgIpc) is 2.69. The number of rotatable bonds is 3. The molecular weight excluding hydrogens is 363 g/mol. The summed E-state index contributed by atoms with van der Waals surface area (Å²) in [5, 5.41) is 6.69. The van der Waals surface area contributed by atoms with Gasteiger partial charge in [-0.3, -0.25) is 9.48 Å². The van der Waals surface area contributed by atoms with Crippen LogP contribution in [0, 0.1) is 6.92 Å². The largest absolute Gasteiger partial charge is 0.416 e. The zero-order valence-electron chi connectivity index (χ0n) is 11.8. The maximum atomic E-state index is 12.6. The summed E-state index contributed by atoms with van der Waals surface area (Å²) in [6.45, 7) is 1.74.